The van der Waals surface area contributed by atoms with Gasteiger partial charge in [-0.05, 0) is 36.4 Å². The molecular weight excluding hydrogens is 913 g/mol. The zero-order valence-electron chi connectivity index (χ0n) is 31.7. The number of benzene rings is 5. The van der Waals surface area contributed by atoms with Crippen molar-refractivity contribution < 1.29 is 24.5 Å². The molecule has 55 heavy (non-hydrogen) atoms. The first-order valence-corrected chi connectivity index (χ1v) is 25.9. The molecule has 275 valence electrons. The van der Waals surface area contributed by atoms with Crippen molar-refractivity contribution in [3.8, 4) is 39.6 Å². The van der Waals surface area contributed by atoms with Gasteiger partial charge in [-0.1, -0.05) is 71.6 Å². The molecule has 0 aliphatic carbocycles. The van der Waals surface area contributed by atoms with Gasteiger partial charge in [-0.25, -0.2) is 4.98 Å². The van der Waals surface area contributed by atoms with Crippen LogP contribution >= 0.6 is 0 Å². The molecule has 0 saturated heterocycles. The van der Waals surface area contributed by atoms with Gasteiger partial charge in [-0.2, -0.15) is 0 Å². The fourth-order valence-corrected chi connectivity index (χ4v) is 10.4. The molecule has 0 atom stereocenters. The average molecular weight is 956 g/mol. The number of aromatic nitrogens is 4. The van der Waals surface area contributed by atoms with Crippen LogP contribution in [0.3, 0.4) is 0 Å². The van der Waals surface area contributed by atoms with Gasteiger partial charge in [0.2, 0.25) is 5.71 Å². The number of fused-ring (bicyclic) bond motifs is 4. The van der Waals surface area contributed by atoms with E-state index in [4.69, 9.17) is 19.4 Å². The molecule has 9 rings (SSSR count). The Morgan fingerprint density at radius 3 is 2.16 bits per heavy atom. The summed E-state index contributed by atoms with van der Waals surface area (Å²) in [6.07, 6.45) is 3.27. The maximum Gasteiger partial charge on any atom is 0.216 e. The molecule has 1 radical (unpaired) electrons. The summed E-state index contributed by atoms with van der Waals surface area (Å²) >= 11 is -1.86. The number of imidazole rings is 1. The van der Waals surface area contributed by atoms with Crippen LogP contribution in [0.4, 0.5) is 0 Å². The second kappa shape index (κ2) is 16.3. The molecule has 0 spiro atoms. The Kier molecular flexibility index (Phi) is 11.3. The molecule has 0 bridgehead atoms. The molecule has 4 aromatic heterocycles. The minimum atomic E-state index is -1.86. The molecule has 9 aromatic rings. The van der Waals surface area contributed by atoms with E-state index in [1.807, 2.05) is 91.0 Å². The van der Waals surface area contributed by atoms with E-state index in [-0.39, 0.29) is 20.1 Å². The zero-order chi connectivity index (χ0) is 37.2. The third-order valence-corrected chi connectivity index (χ3v) is 13.9. The maximum atomic E-state index is 6.39. The van der Waals surface area contributed by atoms with Gasteiger partial charge in [0.05, 0.1) is 28.1 Å². The van der Waals surface area contributed by atoms with Gasteiger partial charge in [0.1, 0.15) is 0 Å². The number of pyridine rings is 2. The van der Waals surface area contributed by atoms with Crippen molar-refractivity contribution in [3.05, 3.63) is 163 Å². The van der Waals surface area contributed by atoms with Crippen molar-refractivity contribution in [2.75, 3.05) is 0 Å². The summed E-state index contributed by atoms with van der Waals surface area (Å²) in [6, 6.07) is 53.7. The van der Waals surface area contributed by atoms with E-state index in [0.29, 0.717) is 11.6 Å². The number of hydrogen-bond acceptors (Lipinski definition) is 4. The van der Waals surface area contributed by atoms with Crippen molar-refractivity contribution in [1.29, 1.82) is 0 Å². The number of rotatable bonds is 7. The SMILES string of the molecule is CC(C)Cc1cc(-c2[c-]cccc2)nc[c]1[Ge]([CH3])([CH3])[CH3].[Ir].[c-]1ccc2c(oc3nc(-c4ccccc4)ccc32)c1-c1nc2ccccc2n1-c1ccccc1. The molecule has 5 nitrogen and oxygen atoms in total. The van der Waals surface area contributed by atoms with Gasteiger partial charge < -0.3 is 8.98 Å². The van der Waals surface area contributed by atoms with Crippen LogP contribution in [-0.2, 0) is 26.5 Å². The Morgan fingerprint density at radius 2 is 1.44 bits per heavy atom. The summed E-state index contributed by atoms with van der Waals surface area (Å²) in [6.45, 7) is 4.57. The second-order valence-corrected chi connectivity index (χ2v) is 25.6. The Balaban J connectivity index is 0.000000191. The Morgan fingerprint density at radius 1 is 0.709 bits per heavy atom. The Labute approximate surface area is 339 Å². The molecule has 0 aliphatic heterocycles. The van der Waals surface area contributed by atoms with Crippen LogP contribution in [0.5, 0.6) is 0 Å². The van der Waals surface area contributed by atoms with E-state index in [9.17, 15) is 0 Å². The van der Waals surface area contributed by atoms with Crippen LogP contribution in [0.15, 0.2) is 150 Å². The molecule has 0 saturated carbocycles. The first kappa shape index (κ1) is 38.1. The minimum absolute atomic E-state index is 0. The number of para-hydroxylation sites is 3. The van der Waals surface area contributed by atoms with E-state index in [1.54, 1.807) is 4.40 Å². The van der Waals surface area contributed by atoms with E-state index < -0.39 is 13.3 Å². The molecular formula is C48H42GeIrN4O-2. The van der Waals surface area contributed by atoms with E-state index in [2.05, 4.69) is 103 Å². The quantitative estimate of drug-likeness (QED) is 0.118. The van der Waals surface area contributed by atoms with Gasteiger partial charge in [0, 0.05) is 36.7 Å². The third kappa shape index (κ3) is 7.99. The van der Waals surface area contributed by atoms with Crippen molar-refractivity contribution in [2.45, 2.75) is 37.5 Å². The molecule has 7 heteroatoms. The van der Waals surface area contributed by atoms with E-state index in [1.165, 1.54) is 5.56 Å². The van der Waals surface area contributed by atoms with Crippen LogP contribution < -0.4 is 4.40 Å². The molecule has 0 N–H and O–H groups in total. The second-order valence-electron chi connectivity index (χ2n) is 15.1. The monoisotopic (exact) mass is 957 g/mol. The average Bonchev–Trinajstić information content (AvgIpc) is 3.77. The summed E-state index contributed by atoms with van der Waals surface area (Å²) in [5.41, 5.74) is 10.7. The zero-order valence-corrected chi connectivity index (χ0v) is 36.2. The van der Waals surface area contributed by atoms with Crippen molar-refractivity contribution in [2.24, 2.45) is 5.92 Å². The first-order valence-electron chi connectivity index (χ1n) is 18.5. The third-order valence-electron chi connectivity index (χ3n) is 9.58. The number of hydrogen-bond donors (Lipinski definition) is 0. The molecule has 0 fully saturated rings. The first-order chi connectivity index (χ1) is 26.2. The van der Waals surface area contributed by atoms with Crippen molar-refractivity contribution in [3.63, 3.8) is 0 Å². The molecule has 5 aromatic carbocycles. The van der Waals surface area contributed by atoms with Crippen molar-refractivity contribution >= 4 is 50.8 Å². The maximum absolute atomic E-state index is 6.39. The predicted octanol–water partition coefficient (Wildman–Crippen LogP) is 11.7. The van der Waals surface area contributed by atoms with Gasteiger partial charge in [0.15, 0.2) is 0 Å². The van der Waals surface area contributed by atoms with Gasteiger partial charge in [-0.15, -0.1) is 18.2 Å². The Bertz CT molecular complexity index is 2700. The normalized spacial score (nSPS) is 11.5. The van der Waals surface area contributed by atoms with Crippen molar-refractivity contribution in [1.82, 2.24) is 19.5 Å². The van der Waals surface area contributed by atoms with Crippen LogP contribution in [0.25, 0.3) is 72.7 Å². The molecule has 4 heterocycles. The molecule has 0 aliphatic rings. The van der Waals surface area contributed by atoms with Crippen LogP contribution in [0.1, 0.15) is 19.4 Å². The minimum Gasteiger partial charge on any atom is -0.486 e. The van der Waals surface area contributed by atoms with Crippen LogP contribution in [0, 0.1) is 18.1 Å². The van der Waals surface area contributed by atoms with Gasteiger partial charge in [-0.3, -0.25) is 4.98 Å². The standard InChI is InChI=1S/C30H18N3O.C18H24GeN.Ir/c1-3-10-20(11-4-1)25-19-18-23-22-14-9-15-24(28(22)34-30(23)32-25)29-31-26-16-7-8-17-27(26)33(29)21-12-5-2-6-13-21;1-14(2)11-16-12-18(15-9-7-6-8-10-15)20-13-17(16)19(3,4)5;/h1-14,16-19H;6-9,12-14H,11H2,1-5H3;/q2*-1;. The predicted molar refractivity (Wildman–Crippen MR) is 226 cm³/mol. The van der Waals surface area contributed by atoms with Gasteiger partial charge >= 0.3 is 126 Å². The number of nitrogens with zero attached hydrogens (tertiary/aromatic N) is 4. The summed E-state index contributed by atoms with van der Waals surface area (Å²) < 4.78 is 10.1. The summed E-state index contributed by atoms with van der Waals surface area (Å²) in [7, 11) is 0. The Hall–Kier alpha value is -5.14. The number of furan rings is 1. The van der Waals surface area contributed by atoms with E-state index in [0.717, 1.165) is 73.4 Å². The largest absolute Gasteiger partial charge is 0.486 e. The smallest absolute Gasteiger partial charge is 0.216 e. The molecule has 0 unspecified atom stereocenters. The summed E-state index contributed by atoms with van der Waals surface area (Å²) in [5.74, 6) is 8.79. The van der Waals surface area contributed by atoms with E-state index >= 15 is 0 Å². The van der Waals surface area contributed by atoms with Crippen LogP contribution in [0.2, 0.25) is 17.3 Å². The fraction of sp³-hybridized carbons (Fsp3) is 0.146. The summed E-state index contributed by atoms with van der Waals surface area (Å²) in [4.78, 5) is 14.5. The molecule has 0 amide bonds. The van der Waals surface area contributed by atoms with Gasteiger partial charge in [0.25, 0.3) is 0 Å². The fourth-order valence-electron chi connectivity index (χ4n) is 7.07. The topological polar surface area (TPSA) is 56.7 Å². The van der Waals surface area contributed by atoms with Crippen LogP contribution in [-0.4, -0.2) is 32.8 Å². The summed E-state index contributed by atoms with van der Waals surface area (Å²) in [5, 5.41) is 1.98.